The molecule has 4 N–H and O–H groups in total. The van der Waals surface area contributed by atoms with E-state index >= 15 is 0 Å². The Morgan fingerprint density at radius 3 is 2.42 bits per heavy atom. The van der Waals surface area contributed by atoms with Crippen LogP contribution in [0.5, 0.6) is 5.75 Å². The van der Waals surface area contributed by atoms with Gasteiger partial charge >= 0.3 is 5.69 Å². The first-order valence-corrected chi connectivity index (χ1v) is 23.3. The van der Waals surface area contributed by atoms with Crippen molar-refractivity contribution < 1.29 is 28.0 Å². The van der Waals surface area contributed by atoms with Crippen molar-refractivity contribution in [3.63, 3.8) is 0 Å². The van der Waals surface area contributed by atoms with Gasteiger partial charge in [-0.25, -0.2) is 13.4 Å². The molecule has 4 aromatic rings. The molecule has 2 aliphatic carbocycles. The lowest BCUT2D eigenvalue weighted by molar-refractivity contribution is -0.384. The Morgan fingerprint density at radius 2 is 1.76 bits per heavy atom. The van der Waals surface area contributed by atoms with Gasteiger partial charge in [-0.1, -0.05) is 50.2 Å². The van der Waals surface area contributed by atoms with Gasteiger partial charge in [-0.05, 0) is 104 Å². The zero-order chi connectivity index (χ0) is 44.0. The van der Waals surface area contributed by atoms with E-state index in [4.69, 9.17) is 10.5 Å². The average molecular weight is 866 g/mol. The fourth-order valence-corrected chi connectivity index (χ4v) is 11.7. The van der Waals surface area contributed by atoms with Crippen LogP contribution in [0.25, 0.3) is 0 Å². The Labute approximate surface area is 364 Å². The molecule has 2 saturated carbocycles. The van der Waals surface area contributed by atoms with Crippen molar-refractivity contribution in [1.82, 2.24) is 14.8 Å². The summed E-state index contributed by atoms with van der Waals surface area (Å²) in [5, 5.41) is 25.5. The molecule has 1 atom stereocenters. The van der Waals surface area contributed by atoms with E-state index in [1.807, 2.05) is 19.1 Å². The maximum atomic E-state index is 14.2. The number of amides is 1. The number of nitrogens with two attached hydrogens (primary N) is 1. The van der Waals surface area contributed by atoms with Gasteiger partial charge in [0.1, 0.15) is 5.75 Å². The van der Waals surface area contributed by atoms with Crippen molar-refractivity contribution >= 4 is 32.9 Å². The van der Waals surface area contributed by atoms with Crippen molar-refractivity contribution in [3.8, 4) is 5.75 Å². The lowest BCUT2D eigenvalue weighted by Crippen LogP contribution is -2.68. The van der Waals surface area contributed by atoms with E-state index in [0.29, 0.717) is 37.0 Å². The molecule has 15 heteroatoms. The van der Waals surface area contributed by atoms with Gasteiger partial charge in [0.2, 0.25) is 21.6 Å². The molecule has 3 heterocycles. The number of anilines is 2. The number of benzene rings is 3. The third-order valence-corrected chi connectivity index (χ3v) is 15.6. The SMILES string of the molecule is COc1ccc(CN2CCN(C3CC4(C3)CN(c3ccc(C(N)=O)c(S(=O)(=O)c5cnc(NCC6CCC(C)(O)CC6)c([N+](=O)[O-])c5)c3)C4)[C@H](c3ccccc3C(C)C)C2)cc1. The lowest BCUT2D eigenvalue weighted by Gasteiger charge is -2.63. The Hall–Kier alpha value is -5.09. The molecule has 1 amide bonds. The van der Waals surface area contributed by atoms with Gasteiger partial charge in [0.25, 0.3) is 0 Å². The molecule has 1 spiro atoms. The van der Waals surface area contributed by atoms with E-state index < -0.39 is 36.9 Å². The Balaban J connectivity index is 0.962. The second-order valence-corrected chi connectivity index (χ2v) is 20.6. The van der Waals surface area contributed by atoms with Gasteiger partial charge in [-0.3, -0.25) is 24.7 Å². The van der Waals surface area contributed by atoms with E-state index in [1.165, 1.54) is 28.8 Å². The van der Waals surface area contributed by atoms with E-state index in [9.17, 15) is 28.4 Å². The summed E-state index contributed by atoms with van der Waals surface area (Å²) in [6.07, 6.45) is 5.92. The zero-order valence-electron chi connectivity index (χ0n) is 36.1. The number of hydrogen-bond acceptors (Lipinski definition) is 12. The largest absolute Gasteiger partial charge is 0.497 e. The standard InChI is InChI=1S/C47H59N7O7S/c1-31(2)38-7-5-6-8-39(38)42-28-51(27-33-9-12-36(61-4)13-10-33)19-20-53(42)35-23-47(24-35)29-52(30-47)34-11-14-40(44(48)55)43(21-34)62(59,60)37-22-41(54(57)58)45(50-26-37)49-25-32-15-17-46(3,56)18-16-32/h5-14,21-22,26,31-32,35,42,56H,15-20,23-25,27-30H2,1-4H3,(H2,48,55)(H,49,50)/t32?,42-,46?/m0/s1. The zero-order valence-corrected chi connectivity index (χ0v) is 36.9. The second-order valence-electron chi connectivity index (χ2n) is 18.7. The number of ether oxygens (including phenoxy) is 1. The number of piperazine rings is 1. The number of nitrogens with one attached hydrogen (secondary N) is 1. The number of sulfone groups is 1. The molecule has 0 radical (unpaired) electrons. The predicted octanol–water partition coefficient (Wildman–Crippen LogP) is 6.93. The Bertz CT molecular complexity index is 2400. The van der Waals surface area contributed by atoms with Crippen LogP contribution in [0.3, 0.4) is 0 Å². The lowest BCUT2D eigenvalue weighted by atomic mass is 9.59. The third-order valence-electron chi connectivity index (χ3n) is 13.9. The average Bonchev–Trinajstić information content (AvgIpc) is 3.22. The quantitative estimate of drug-likeness (QED) is 0.0879. The molecular weight excluding hydrogens is 807 g/mol. The van der Waals surface area contributed by atoms with Gasteiger partial charge in [-0.2, -0.15) is 0 Å². The summed E-state index contributed by atoms with van der Waals surface area (Å²) in [6, 6.07) is 23.5. The van der Waals surface area contributed by atoms with Crippen molar-refractivity contribution in [2.45, 2.75) is 99.2 Å². The molecule has 2 aliphatic heterocycles. The number of rotatable bonds is 14. The molecule has 1 aromatic heterocycles. The maximum Gasteiger partial charge on any atom is 0.312 e. The summed E-state index contributed by atoms with van der Waals surface area (Å²) in [5.74, 6) is 0.483. The molecule has 330 valence electrons. The molecule has 4 fully saturated rings. The van der Waals surface area contributed by atoms with Gasteiger partial charge < -0.3 is 25.8 Å². The number of nitrogens with zero attached hydrogens (tertiary/aromatic N) is 5. The first-order valence-electron chi connectivity index (χ1n) is 21.8. The molecule has 4 aliphatic rings. The van der Waals surface area contributed by atoms with Crippen LogP contribution in [0.2, 0.25) is 0 Å². The van der Waals surface area contributed by atoms with Crippen molar-refractivity contribution in [2.24, 2.45) is 17.1 Å². The van der Waals surface area contributed by atoms with E-state index in [1.54, 1.807) is 13.2 Å². The van der Waals surface area contributed by atoms with Gasteiger partial charge in [-0.15, -0.1) is 0 Å². The highest BCUT2D eigenvalue weighted by molar-refractivity contribution is 7.91. The number of pyridine rings is 1. The van der Waals surface area contributed by atoms with Crippen LogP contribution >= 0.6 is 0 Å². The number of primary amides is 1. The number of aliphatic hydroxyl groups is 1. The molecule has 14 nitrogen and oxygen atoms in total. The van der Waals surface area contributed by atoms with Crippen LogP contribution in [0, 0.1) is 21.4 Å². The molecular formula is C47H59N7O7S. The minimum Gasteiger partial charge on any atom is -0.497 e. The van der Waals surface area contributed by atoms with Gasteiger partial charge in [0.15, 0.2) is 0 Å². The minimum atomic E-state index is -4.46. The Kier molecular flexibility index (Phi) is 12.1. The first kappa shape index (κ1) is 43.6. The number of nitro groups is 1. The van der Waals surface area contributed by atoms with Crippen LogP contribution in [0.15, 0.2) is 88.8 Å². The van der Waals surface area contributed by atoms with Crippen LogP contribution in [0.4, 0.5) is 17.2 Å². The summed E-state index contributed by atoms with van der Waals surface area (Å²) in [5.41, 5.74) is 9.10. The summed E-state index contributed by atoms with van der Waals surface area (Å²) in [7, 11) is -2.77. The topological polar surface area (TPSA) is 184 Å². The number of carbonyl (C=O) groups excluding carboxylic acids is 1. The first-order chi connectivity index (χ1) is 29.5. The van der Waals surface area contributed by atoms with E-state index in [-0.39, 0.29) is 33.7 Å². The highest BCUT2D eigenvalue weighted by atomic mass is 32.2. The summed E-state index contributed by atoms with van der Waals surface area (Å²) in [6.45, 7) is 11.9. The predicted molar refractivity (Wildman–Crippen MR) is 238 cm³/mol. The van der Waals surface area contributed by atoms with Gasteiger partial charge in [0.05, 0.1) is 33.0 Å². The van der Waals surface area contributed by atoms with E-state index in [0.717, 1.165) is 83.0 Å². The highest BCUT2D eigenvalue weighted by Gasteiger charge is 2.55. The van der Waals surface area contributed by atoms with Gasteiger partial charge in [0, 0.05) is 81.3 Å². The summed E-state index contributed by atoms with van der Waals surface area (Å²) in [4.78, 5) is 35.1. The van der Waals surface area contributed by atoms with Crippen LogP contribution in [-0.2, 0) is 16.4 Å². The maximum absolute atomic E-state index is 14.2. The van der Waals surface area contributed by atoms with Crippen molar-refractivity contribution in [3.05, 3.63) is 111 Å². The Morgan fingerprint density at radius 1 is 1.05 bits per heavy atom. The fraction of sp³-hybridized carbons (Fsp3) is 0.489. The van der Waals surface area contributed by atoms with E-state index in [2.05, 4.69) is 75.2 Å². The third kappa shape index (κ3) is 8.90. The van der Waals surface area contributed by atoms with Crippen LogP contribution in [0.1, 0.15) is 98.3 Å². The smallest absolute Gasteiger partial charge is 0.312 e. The molecule has 62 heavy (non-hydrogen) atoms. The monoisotopic (exact) mass is 865 g/mol. The second kappa shape index (κ2) is 17.2. The number of hydrogen-bond donors (Lipinski definition) is 3. The van der Waals surface area contributed by atoms with Crippen molar-refractivity contribution in [1.29, 1.82) is 0 Å². The number of aromatic nitrogens is 1. The van der Waals surface area contributed by atoms with Crippen LogP contribution < -0.4 is 20.7 Å². The normalized spacial score (nSPS) is 23.2. The molecule has 0 unspecified atom stereocenters. The molecule has 3 aromatic carbocycles. The fourth-order valence-electron chi connectivity index (χ4n) is 10.3. The molecule has 8 rings (SSSR count). The minimum absolute atomic E-state index is 0.0364. The summed E-state index contributed by atoms with van der Waals surface area (Å²) < 4.78 is 33.8. The number of carbonyl (C=O) groups is 1. The summed E-state index contributed by atoms with van der Waals surface area (Å²) >= 11 is 0. The number of methoxy groups -OCH3 is 1. The molecule has 0 bridgehead atoms. The van der Waals surface area contributed by atoms with Crippen molar-refractivity contribution in [2.75, 3.05) is 56.6 Å². The molecule has 2 saturated heterocycles. The van der Waals surface area contributed by atoms with Crippen LogP contribution in [-0.4, -0.2) is 97.2 Å². The highest BCUT2D eigenvalue weighted by Crippen LogP contribution is 2.53.